The van der Waals surface area contributed by atoms with E-state index in [0.717, 1.165) is 22.1 Å². The van der Waals surface area contributed by atoms with E-state index >= 15 is 0 Å². The first-order valence-corrected chi connectivity index (χ1v) is 7.47. The first-order chi connectivity index (χ1) is 8.70. The van der Waals surface area contributed by atoms with Gasteiger partial charge in [0.05, 0.1) is 0 Å². The molecule has 18 heavy (non-hydrogen) atoms. The number of hydrogen-bond donors (Lipinski definition) is 1. The second-order valence-corrected chi connectivity index (χ2v) is 5.55. The normalized spacial score (nSPS) is 16.8. The number of aromatic nitrogens is 4. The zero-order valence-electron chi connectivity index (χ0n) is 10.7. The third-order valence-electron chi connectivity index (χ3n) is 3.62. The molecule has 6 heteroatoms. The monoisotopic (exact) mass is 263 g/mol. The maximum Gasteiger partial charge on any atom is 0.169 e. The highest BCUT2D eigenvalue weighted by molar-refractivity contribution is 7.98. The first kappa shape index (κ1) is 11.8. The van der Waals surface area contributed by atoms with Crippen molar-refractivity contribution in [3.8, 4) is 0 Å². The summed E-state index contributed by atoms with van der Waals surface area (Å²) in [6.07, 6.45) is 6.90. The Bertz CT molecular complexity index is 586. The van der Waals surface area contributed by atoms with Crippen molar-refractivity contribution in [2.75, 3.05) is 12.0 Å². The largest absolute Gasteiger partial charge is 0.382 e. The lowest BCUT2D eigenvalue weighted by Gasteiger charge is -2.08. The van der Waals surface area contributed by atoms with Crippen LogP contribution in [0.3, 0.4) is 0 Å². The summed E-state index contributed by atoms with van der Waals surface area (Å²) in [5, 5.41) is 0.926. The molecule has 0 aliphatic heterocycles. The maximum atomic E-state index is 6.03. The van der Waals surface area contributed by atoms with Crippen LogP contribution in [0, 0.1) is 0 Å². The van der Waals surface area contributed by atoms with Gasteiger partial charge >= 0.3 is 0 Å². The molecule has 96 valence electrons. The molecule has 2 N–H and O–H groups in total. The molecule has 1 saturated carbocycles. The highest BCUT2D eigenvalue weighted by atomic mass is 32.2. The summed E-state index contributed by atoms with van der Waals surface area (Å²) < 4.78 is 2.00. The van der Waals surface area contributed by atoms with E-state index in [2.05, 4.69) is 15.0 Å². The highest BCUT2D eigenvalue weighted by Crippen LogP contribution is 2.34. The van der Waals surface area contributed by atoms with Crippen LogP contribution < -0.4 is 5.73 Å². The predicted molar refractivity (Wildman–Crippen MR) is 73.7 cm³/mol. The molecule has 0 saturated heterocycles. The Morgan fingerprint density at radius 1 is 1.22 bits per heavy atom. The van der Waals surface area contributed by atoms with E-state index in [0.29, 0.717) is 11.7 Å². The first-order valence-electron chi connectivity index (χ1n) is 6.24. The van der Waals surface area contributed by atoms with Gasteiger partial charge in [0.1, 0.15) is 5.82 Å². The van der Waals surface area contributed by atoms with Crippen molar-refractivity contribution < 1.29 is 0 Å². The summed E-state index contributed by atoms with van der Waals surface area (Å²) in [6.45, 7) is 0. The quantitative estimate of drug-likeness (QED) is 0.842. The molecule has 0 amide bonds. The standard InChI is InChI=1S/C12H17N5S/c1-17-11-8(14-12(17)18-2)9(13)15-10(16-11)7-5-3-4-6-7/h7H,3-6H2,1-2H3,(H2,13,15,16). The second-order valence-electron chi connectivity index (χ2n) is 4.78. The minimum atomic E-state index is 0.476. The molecule has 0 aromatic carbocycles. The summed E-state index contributed by atoms with van der Waals surface area (Å²) >= 11 is 1.60. The Balaban J connectivity index is 2.16. The van der Waals surface area contributed by atoms with Crippen molar-refractivity contribution in [1.29, 1.82) is 0 Å². The summed E-state index contributed by atoms with van der Waals surface area (Å²) in [6, 6.07) is 0. The fraction of sp³-hybridized carbons (Fsp3) is 0.583. The number of thioether (sulfide) groups is 1. The molecule has 0 unspecified atom stereocenters. The number of hydrogen-bond acceptors (Lipinski definition) is 5. The molecular formula is C12H17N5S. The summed E-state index contributed by atoms with van der Waals surface area (Å²) in [7, 11) is 1.98. The van der Waals surface area contributed by atoms with Crippen molar-refractivity contribution in [2.45, 2.75) is 36.8 Å². The lowest BCUT2D eigenvalue weighted by molar-refractivity contribution is 0.670. The number of fused-ring (bicyclic) bond motifs is 1. The molecule has 3 rings (SSSR count). The van der Waals surface area contributed by atoms with Crippen molar-refractivity contribution in [2.24, 2.45) is 7.05 Å². The van der Waals surface area contributed by atoms with E-state index in [1.807, 2.05) is 17.9 Å². The topological polar surface area (TPSA) is 69.6 Å². The van der Waals surface area contributed by atoms with Gasteiger partial charge in [-0.2, -0.15) is 0 Å². The minimum Gasteiger partial charge on any atom is -0.382 e. The van der Waals surface area contributed by atoms with Crippen molar-refractivity contribution in [3.63, 3.8) is 0 Å². The van der Waals surface area contributed by atoms with Gasteiger partial charge in [0.15, 0.2) is 22.1 Å². The zero-order valence-corrected chi connectivity index (χ0v) is 11.5. The second kappa shape index (κ2) is 4.42. The van der Waals surface area contributed by atoms with Crippen molar-refractivity contribution in [3.05, 3.63) is 5.82 Å². The fourth-order valence-electron chi connectivity index (χ4n) is 2.63. The van der Waals surface area contributed by atoms with E-state index in [4.69, 9.17) is 5.73 Å². The van der Waals surface area contributed by atoms with Gasteiger partial charge in [0, 0.05) is 13.0 Å². The maximum absolute atomic E-state index is 6.03. The van der Waals surface area contributed by atoms with Crippen LogP contribution in [0.4, 0.5) is 5.82 Å². The Labute approximate surface area is 110 Å². The van der Waals surface area contributed by atoms with Gasteiger partial charge in [-0.25, -0.2) is 15.0 Å². The lowest BCUT2D eigenvalue weighted by atomic mass is 10.1. The van der Waals surface area contributed by atoms with Crippen LogP contribution in [0.1, 0.15) is 37.4 Å². The van der Waals surface area contributed by atoms with Crippen molar-refractivity contribution >= 4 is 28.7 Å². The molecule has 0 atom stereocenters. The van der Waals surface area contributed by atoms with E-state index in [-0.39, 0.29) is 0 Å². The molecule has 1 fully saturated rings. The Hall–Kier alpha value is -1.30. The van der Waals surface area contributed by atoms with Crippen LogP contribution in [0.25, 0.3) is 11.2 Å². The molecule has 0 spiro atoms. The molecule has 0 bridgehead atoms. The van der Waals surface area contributed by atoms with Gasteiger partial charge < -0.3 is 10.3 Å². The van der Waals surface area contributed by atoms with E-state index in [9.17, 15) is 0 Å². The Kier molecular flexibility index (Phi) is 2.89. The van der Waals surface area contributed by atoms with Crippen LogP contribution in [0.15, 0.2) is 5.16 Å². The smallest absolute Gasteiger partial charge is 0.169 e. The van der Waals surface area contributed by atoms with Crippen molar-refractivity contribution in [1.82, 2.24) is 19.5 Å². The zero-order chi connectivity index (χ0) is 12.7. The third kappa shape index (κ3) is 1.75. The number of anilines is 1. The number of rotatable bonds is 2. The van der Waals surface area contributed by atoms with Gasteiger partial charge in [-0.1, -0.05) is 24.6 Å². The highest BCUT2D eigenvalue weighted by Gasteiger charge is 2.22. The van der Waals surface area contributed by atoms with Gasteiger partial charge in [-0.15, -0.1) is 0 Å². The minimum absolute atomic E-state index is 0.476. The van der Waals surface area contributed by atoms with Gasteiger partial charge in [-0.3, -0.25) is 0 Å². The van der Waals surface area contributed by atoms with Gasteiger partial charge in [0.25, 0.3) is 0 Å². The molecule has 2 aromatic rings. The molecule has 1 aliphatic carbocycles. The summed E-state index contributed by atoms with van der Waals surface area (Å²) in [5.41, 5.74) is 7.61. The summed E-state index contributed by atoms with van der Waals surface area (Å²) in [5.74, 6) is 1.88. The Morgan fingerprint density at radius 3 is 2.61 bits per heavy atom. The number of nitrogens with zero attached hydrogens (tertiary/aromatic N) is 4. The molecule has 2 heterocycles. The van der Waals surface area contributed by atoms with Gasteiger partial charge in [0.2, 0.25) is 0 Å². The molecular weight excluding hydrogens is 246 g/mol. The number of imidazole rings is 1. The lowest BCUT2D eigenvalue weighted by Crippen LogP contribution is -2.05. The average Bonchev–Trinajstić information content (AvgIpc) is 2.98. The number of aryl methyl sites for hydroxylation is 1. The van der Waals surface area contributed by atoms with E-state index in [1.165, 1.54) is 25.7 Å². The predicted octanol–water partition coefficient (Wildman–Crippen LogP) is 2.33. The number of nitrogens with two attached hydrogens (primary N) is 1. The SMILES string of the molecule is CSc1nc2c(N)nc(C3CCCC3)nc2n1C. The fourth-order valence-corrected chi connectivity index (χ4v) is 3.17. The molecule has 0 radical (unpaired) electrons. The van der Waals surface area contributed by atoms with Gasteiger partial charge in [-0.05, 0) is 19.1 Å². The number of nitrogen functional groups attached to an aromatic ring is 1. The summed E-state index contributed by atoms with van der Waals surface area (Å²) in [4.78, 5) is 13.6. The molecule has 1 aliphatic rings. The Morgan fingerprint density at radius 2 is 1.94 bits per heavy atom. The molecule has 2 aromatic heterocycles. The van der Waals surface area contributed by atoms with Crippen LogP contribution in [-0.2, 0) is 7.05 Å². The van der Waals surface area contributed by atoms with E-state index < -0.39 is 0 Å². The molecule has 5 nitrogen and oxygen atoms in total. The van der Waals surface area contributed by atoms with Crippen LogP contribution in [0.5, 0.6) is 0 Å². The van der Waals surface area contributed by atoms with Crippen LogP contribution in [0.2, 0.25) is 0 Å². The average molecular weight is 263 g/mol. The van der Waals surface area contributed by atoms with Crippen LogP contribution in [-0.4, -0.2) is 25.8 Å². The van der Waals surface area contributed by atoms with Crippen LogP contribution >= 0.6 is 11.8 Å². The van der Waals surface area contributed by atoms with E-state index in [1.54, 1.807) is 11.8 Å². The third-order valence-corrected chi connectivity index (χ3v) is 4.36.